The lowest BCUT2D eigenvalue weighted by Gasteiger charge is -2.24. The Labute approximate surface area is 135 Å². The van der Waals surface area contributed by atoms with Crippen LogP contribution in [0.5, 0.6) is 0 Å². The summed E-state index contributed by atoms with van der Waals surface area (Å²) in [6, 6.07) is 0.624. The Morgan fingerprint density at radius 2 is 1.89 bits per heavy atom. The molecule has 5 heteroatoms. The predicted molar refractivity (Wildman–Crippen MR) is 92.5 cm³/mol. The molecule has 0 aromatic rings. The average Bonchev–Trinajstić information content (AvgIpc) is 2.42. The Balaban J connectivity index is 0.00000324. The Kier molecular flexibility index (Phi) is 12.9. The fraction of sp³-hybridized carbons (Fsp3) is 0.929. The molecular formula is C14H30IN3O. The van der Waals surface area contributed by atoms with Gasteiger partial charge < -0.3 is 15.4 Å². The van der Waals surface area contributed by atoms with Gasteiger partial charge in [-0.1, -0.05) is 19.3 Å². The molecule has 0 saturated heterocycles. The topological polar surface area (TPSA) is 45.7 Å². The number of hydrogen-bond donors (Lipinski definition) is 2. The first-order valence-corrected chi connectivity index (χ1v) is 7.33. The van der Waals surface area contributed by atoms with Crippen LogP contribution >= 0.6 is 24.0 Å². The molecule has 0 aliphatic heterocycles. The zero-order valence-electron chi connectivity index (χ0n) is 12.4. The lowest BCUT2D eigenvalue weighted by atomic mass is 9.96. The molecule has 0 aromatic carbocycles. The van der Waals surface area contributed by atoms with Gasteiger partial charge in [-0.3, -0.25) is 4.99 Å². The highest BCUT2D eigenvalue weighted by atomic mass is 127. The summed E-state index contributed by atoms with van der Waals surface area (Å²) in [7, 11) is 3.61. The summed E-state index contributed by atoms with van der Waals surface area (Å²) < 4.78 is 5.03. The average molecular weight is 383 g/mol. The summed E-state index contributed by atoms with van der Waals surface area (Å²) in [5.74, 6) is 0.966. The molecule has 4 nitrogen and oxygen atoms in total. The number of aliphatic imine (C=N–C) groups is 1. The Hall–Kier alpha value is -0.0400. The molecule has 2 N–H and O–H groups in total. The van der Waals surface area contributed by atoms with Gasteiger partial charge in [0, 0.05) is 33.4 Å². The van der Waals surface area contributed by atoms with E-state index in [2.05, 4.69) is 15.6 Å². The Bertz CT molecular complexity index is 231. The summed E-state index contributed by atoms with van der Waals surface area (Å²) in [4.78, 5) is 4.29. The monoisotopic (exact) mass is 383 g/mol. The molecule has 0 aromatic heterocycles. The minimum Gasteiger partial charge on any atom is -0.385 e. The van der Waals surface area contributed by atoms with Crippen LogP contribution in [-0.4, -0.2) is 39.3 Å². The predicted octanol–water partition coefficient (Wildman–Crippen LogP) is 2.92. The van der Waals surface area contributed by atoms with Crippen LogP contribution in [0, 0.1) is 0 Å². The maximum atomic E-state index is 5.03. The van der Waals surface area contributed by atoms with E-state index in [1.807, 2.05) is 7.05 Å². The van der Waals surface area contributed by atoms with Crippen molar-refractivity contribution in [3.63, 3.8) is 0 Å². The summed E-state index contributed by atoms with van der Waals surface area (Å²) in [6.45, 7) is 1.87. The molecule has 0 unspecified atom stereocenters. The lowest BCUT2D eigenvalue weighted by Crippen LogP contribution is -2.44. The second-order valence-electron chi connectivity index (χ2n) is 5.03. The van der Waals surface area contributed by atoms with E-state index in [-0.39, 0.29) is 24.0 Å². The molecule has 0 amide bonds. The zero-order chi connectivity index (χ0) is 13.1. The number of rotatable bonds is 7. The highest BCUT2D eigenvalue weighted by molar-refractivity contribution is 14.0. The van der Waals surface area contributed by atoms with Gasteiger partial charge in [0.2, 0.25) is 0 Å². The highest BCUT2D eigenvalue weighted by Crippen LogP contribution is 2.17. The van der Waals surface area contributed by atoms with Gasteiger partial charge in [0.25, 0.3) is 0 Å². The summed E-state index contributed by atoms with van der Waals surface area (Å²) >= 11 is 0. The van der Waals surface area contributed by atoms with Crippen molar-refractivity contribution in [3.8, 4) is 0 Å². The number of halogens is 1. The van der Waals surface area contributed by atoms with Crippen LogP contribution in [0.15, 0.2) is 4.99 Å². The molecule has 1 aliphatic rings. The van der Waals surface area contributed by atoms with Gasteiger partial charge in [0.05, 0.1) is 0 Å². The summed E-state index contributed by atoms with van der Waals surface area (Å²) in [5.41, 5.74) is 0. The van der Waals surface area contributed by atoms with E-state index in [9.17, 15) is 0 Å². The molecule has 0 atom stereocenters. The number of unbranched alkanes of at least 4 members (excludes halogenated alkanes) is 2. The van der Waals surface area contributed by atoms with Crippen molar-refractivity contribution in [2.75, 3.05) is 27.3 Å². The van der Waals surface area contributed by atoms with Crippen molar-refractivity contribution in [2.24, 2.45) is 4.99 Å². The van der Waals surface area contributed by atoms with Crippen molar-refractivity contribution in [2.45, 2.75) is 57.4 Å². The van der Waals surface area contributed by atoms with E-state index < -0.39 is 0 Å². The maximum absolute atomic E-state index is 5.03. The van der Waals surface area contributed by atoms with Crippen LogP contribution in [0.2, 0.25) is 0 Å². The lowest BCUT2D eigenvalue weighted by molar-refractivity contribution is 0.192. The van der Waals surface area contributed by atoms with Crippen molar-refractivity contribution >= 4 is 29.9 Å². The van der Waals surface area contributed by atoms with E-state index in [1.165, 1.54) is 44.9 Å². The third-order valence-electron chi connectivity index (χ3n) is 3.49. The normalized spacial score (nSPS) is 16.8. The second kappa shape index (κ2) is 13.0. The van der Waals surface area contributed by atoms with Gasteiger partial charge in [-0.25, -0.2) is 0 Å². The third kappa shape index (κ3) is 9.49. The number of methoxy groups -OCH3 is 1. The minimum absolute atomic E-state index is 0. The highest BCUT2D eigenvalue weighted by Gasteiger charge is 2.13. The van der Waals surface area contributed by atoms with Gasteiger partial charge in [0.1, 0.15) is 0 Å². The van der Waals surface area contributed by atoms with Crippen LogP contribution in [-0.2, 0) is 4.74 Å². The molecular weight excluding hydrogens is 353 g/mol. The SMILES string of the molecule is CN=C(NCCCCCOC)NC1CCCCC1.I. The molecule has 0 heterocycles. The molecule has 19 heavy (non-hydrogen) atoms. The maximum Gasteiger partial charge on any atom is 0.191 e. The standard InChI is InChI=1S/C14H29N3O.HI/c1-15-14(16-11-7-4-8-12-18-2)17-13-9-5-3-6-10-13;/h13H,3-12H2,1-2H3,(H2,15,16,17);1H. The number of ether oxygens (including phenoxy) is 1. The van der Waals surface area contributed by atoms with Crippen molar-refractivity contribution in [1.82, 2.24) is 10.6 Å². The number of hydrogen-bond acceptors (Lipinski definition) is 2. The van der Waals surface area contributed by atoms with Crippen LogP contribution < -0.4 is 10.6 Å². The molecule has 1 saturated carbocycles. The summed E-state index contributed by atoms with van der Waals surface area (Å²) in [6.07, 6.45) is 10.2. The third-order valence-corrected chi connectivity index (χ3v) is 3.49. The fourth-order valence-corrected chi connectivity index (χ4v) is 2.39. The quantitative estimate of drug-likeness (QED) is 0.308. The van der Waals surface area contributed by atoms with E-state index in [0.29, 0.717) is 6.04 Å². The zero-order valence-corrected chi connectivity index (χ0v) is 14.7. The Morgan fingerprint density at radius 1 is 1.16 bits per heavy atom. The first kappa shape index (κ1) is 19.0. The fourth-order valence-electron chi connectivity index (χ4n) is 2.39. The first-order valence-electron chi connectivity index (χ1n) is 7.33. The number of nitrogens with one attached hydrogen (secondary N) is 2. The smallest absolute Gasteiger partial charge is 0.191 e. The molecule has 0 bridgehead atoms. The summed E-state index contributed by atoms with van der Waals surface area (Å²) in [5, 5.41) is 6.91. The van der Waals surface area contributed by atoms with E-state index in [1.54, 1.807) is 7.11 Å². The van der Waals surface area contributed by atoms with E-state index in [4.69, 9.17) is 4.74 Å². The minimum atomic E-state index is 0. The molecule has 1 rings (SSSR count). The molecule has 1 aliphatic carbocycles. The van der Waals surface area contributed by atoms with Gasteiger partial charge in [-0.05, 0) is 32.1 Å². The van der Waals surface area contributed by atoms with Crippen LogP contribution in [0.25, 0.3) is 0 Å². The molecule has 0 radical (unpaired) electrons. The molecule has 0 spiro atoms. The van der Waals surface area contributed by atoms with Crippen molar-refractivity contribution in [3.05, 3.63) is 0 Å². The second-order valence-corrected chi connectivity index (χ2v) is 5.03. The van der Waals surface area contributed by atoms with Crippen LogP contribution in [0.4, 0.5) is 0 Å². The van der Waals surface area contributed by atoms with Gasteiger partial charge in [-0.15, -0.1) is 24.0 Å². The molecule has 114 valence electrons. The van der Waals surface area contributed by atoms with Crippen molar-refractivity contribution in [1.29, 1.82) is 0 Å². The largest absolute Gasteiger partial charge is 0.385 e. The number of guanidine groups is 1. The van der Waals surface area contributed by atoms with Crippen LogP contribution in [0.1, 0.15) is 51.4 Å². The van der Waals surface area contributed by atoms with Gasteiger partial charge in [0.15, 0.2) is 5.96 Å². The van der Waals surface area contributed by atoms with Gasteiger partial charge in [-0.2, -0.15) is 0 Å². The number of nitrogens with zero attached hydrogens (tertiary/aromatic N) is 1. The van der Waals surface area contributed by atoms with E-state index >= 15 is 0 Å². The van der Waals surface area contributed by atoms with Crippen molar-refractivity contribution < 1.29 is 4.74 Å². The first-order chi connectivity index (χ1) is 8.86. The Morgan fingerprint density at radius 3 is 2.53 bits per heavy atom. The van der Waals surface area contributed by atoms with Gasteiger partial charge >= 0.3 is 0 Å². The van der Waals surface area contributed by atoms with E-state index in [0.717, 1.165) is 25.5 Å². The van der Waals surface area contributed by atoms with Crippen LogP contribution in [0.3, 0.4) is 0 Å². The molecule has 1 fully saturated rings.